The number of aromatic hydroxyl groups is 1. The molecule has 0 radical (unpaired) electrons. The third-order valence-electron chi connectivity index (χ3n) is 6.84. The fraction of sp³-hybridized carbons (Fsp3) is 0.0526. The number of rotatable bonds is 10. The molecule has 0 saturated heterocycles. The van der Waals surface area contributed by atoms with E-state index in [1.54, 1.807) is 0 Å². The van der Waals surface area contributed by atoms with Gasteiger partial charge in [-0.3, -0.25) is 0 Å². The lowest BCUT2D eigenvalue weighted by atomic mass is 10.2. The van der Waals surface area contributed by atoms with Crippen LogP contribution in [0.15, 0.2) is 121 Å². The predicted molar refractivity (Wildman–Crippen MR) is 208 cm³/mol. The van der Waals surface area contributed by atoms with Gasteiger partial charge < -0.3 is 28.8 Å². The second-order valence-electron chi connectivity index (χ2n) is 10.5. The molecule has 6 aromatic carbocycles. The second kappa shape index (κ2) is 15.0. The Morgan fingerprint density at radius 2 is 0.553 bits per heavy atom. The van der Waals surface area contributed by atoms with Crippen molar-refractivity contribution in [3.05, 3.63) is 143 Å². The van der Waals surface area contributed by atoms with Gasteiger partial charge in [-0.1, -0.05) is 35.4 Å². The Morgan fingerprint density at radius 3 is 0.830 bits per heavy atom. The Kier molecular flexibility index (Phi) is 10.6. The molecule has 0 heterocycles. The maximum Gasteiger partial charge on any atom is 0.220 e. The van der Waals surface area contributed by atoms with Crippen molar-refractivity contribution >= 4 is 67.8 Å². The molecule has 0 unspecified atom stereocenters. The van der Waals surface area contributed by atoms with E-state index in [1.807, 2.05) is 135 Å². The van der Waals surface area contributed by atoms with E-state index in [9.17, 15) is 5.11 Å². The molecule has 236 valence electrons. The Hall–Kier alpha value is -3.69. The van der Waals surface area contributed by atoms with Gasteiger partial charge in [-0.2, -0.15) is 0 Å². The van der Waals surface area contributed by atoms with Gasteiger partial charge in [0.2, 0.25) is 34.5 Å². The maximum atomic E-state index is 12.1. The van der Waals surface area contributed by atoms with E-state index in [4.69, 9.17) is 23.7 Å². The lowest BCUT2D eigenvalue weighted by molar-refractivity contribution is 0.322. The zero-order chi connectivity index (χ0) is 32.9. The summed E-state index contributed by atoms with van der Waals surface area (Å²) >= 11 is 6.69. The minimum atomic E-state index is -0.332. The molecule has 6 aromatic rings. The van der Waals surface area contributed by atoms with Crippen LogP contribution in [0.3, 0.4) is 0 Å². The molecule has 0 aromatic heterocycles. The predicted octanol–water partition coefficient (Wildman–Crippen LogP) is 12.8. The number of hydrogen-bond donors (Lipinski definition) is 1. The van der Waals surface area contributed by atoms with Gasteiger partial charge in [0.1, 0.15) is 28.7 Å². The van der Waals surface area contributed by atoms with E-state index in [2.05, 4.69) is 67.8 Å². The number of phenolic OH excluding ortho intramolecular Hbond substituents is 1. The van der Waals surface area contributed by atoms with Crippen molar-refractivity contribution in [2.75, 3.05) is 0 Å². The van der Waals surface area contributed by atoms with Crippen molar-refractivity contribution in [2.24, 2.45) is 0 Å². The smallest absolute Gasteiger partial charge is 0.220 e. The summed E-state index contributed by atoms with van der Waals surface area (Å²) in [6.07, 6.45) is 0. The molecule has 0 fully saturated rings. The number of hydrogen-bond acceptors (Lipinski definition) is 6. The zero-order valence-corrected chi connectivity index (χ0v) is 31.6. The van der Waals surface area contributed by atoms with E-state index in [0.29, 0.717) is 28.7 Å². The maximum absolute atomic E-state index is 12.1. The van der Waals surface area contributed by atoms with Gasteiger partial charge in [-0.15, -0.1) is 0 Å². The SMILES string of the molecule is Cc1ccc(Oc2c(Oc3ccc(I)cc3)c(O)c(Oc3ccc(I)cc3)c(Oc3ccc(I)cc3)c2Oc2ccc(C)cc2)cc1. The van der Waals surface area contributed by atoms with Gasteiger partial charge >= 0.3 is 0 Å². The van der Waals surface area contributed by atoms with Crippen molar-refractivity contribution in [1.29, 1.82) is 0 Å². The normalized spacial score (nSPS) is 10.7. The first-order valence-electron chi connectivity index (χ1n) is 14.4. The minimum absolute atomic E-state index is 0.00985. The highest BCUT2D eigenvalue weighted by Crippen LogP contribution is 2.61. The lowest BCUT2D eigenvalue weighted by Crippen LogP contribution is -2.01. The molecule has 6 nitrogen and oxygen atoms in total. The monoisotopic (exact) mass is 960 g/mol. The van der Waals surface area contributed by atoms with Crippen LogP contribution < -0.4 is 23.7 Å². The summed E-state index contributed by atoms with van der Waals surface area (Å²) in [6.45, 7) is 4.00. The number of benzene rings is 6. The van der Waals surface area contributed by atoms with Crippen molar-refractivity contribution in [2.45, 2.75) is 13.8 Å². The average Bonchev–Trinajstić information content (AvgIpc) is 3.07. The van der Waals surface area contributed by atoms with Crippen LogP contribution in [0.2, 0.25) is 0 Å². The fourth-order valence-electron chi connectivity index (χ4n) is 4.40. The quantitative estimate of drug-likeness (QED) is 0.138. The van der Waals surface area contributed by atoms with Crippen molar-refractivity contribution in [3.8, 4) is 63.2 Å². The molecule has 0 spiro atoms. The van der Waals surface area contributed by atoms with Gasteiger partial charge in [0.05, 0.1) is 0 Å². The number of phenols is 1. The molecule has 47 heavy (non-hydrogen) atoms. The molecule has 0 atom stereocenters. The Bertz CT molecular complexity index is 1860. The van der Waals surface area contributed by atoms with Crippen LogP contribution in [0.1, 0.15) is 11.1 Å². The summed E-state index contributed by atoms with van der Waals surface area (Å²) in [4.78, 5) is 0. The molecule has 9 heteroatoms. The van der Waals surface area contributed by atoms with Crippen molar-refractivity contribution in [1.82, 2.24) is 0 Å². The Balaban J connectivity index is 1.63. The van der Waals surface area contributed by atoms with Crippen LogP contribution in [-0.4, -0.2) is 5.11 Å². The Labute approximate surface area is 314 Å². The van der Waals surface area contributed by atoms with Crippen molar-refractivity contribution in [3.63, 3.8) is 0 Å². The summed E-state index contributed by atoms with van der Waals surface area (Å²) < 4.78 is 35.6. The van der Waals surface area contributed by atoms with Gasteiger partial charge in [-0.25, -0.2) is 0 Å². The molecule has 0 bridgehead atoms. The molecule has 0 aliphatic rings. The number of aryl methyl sites for hydroxylation is 2. The van der Waals surface area contributed by atoms with Gasteiger partial charge in [0, 0.05) is 10.7 Å². The number of ether oxygens (including phenoxy) is 5. The minimum Gasteiger partial charge on any atom is -0.501 e. The van der Waals surface area contributed by atoms with Gasteiger partial charge in [0.15, 0.2) is 0 Å². The molecule has 0 saturated carbocycles. The summed E-state index contributed by atoms with van der Waals surface area (Å²) in [6, 6.07) is 37.6. The van der Waals surface area contributed by atoms with Crippen LogP contribution in [0.4, 0.5) is 0 Å². The fourth-order valence-corrected chi connectivity index (χ4v) is 5.48. The highest BCUT2D eigenvalue weighted by molar-refractivity contribution is 14.1. The molecule has 6 rings (SSSR count). The first kappa shape index (κ1) is 33.2. The Morgan fingerprint density at radius 1 is 0.340 bits per heavy atom. The highest BCUT2D eigenvalue weighted by Gasteiger charge is 2.33. The molecule has 0 aliphatic heterocycles. The first-order valence-corrected chi connectivity index (χ1v) is 17.7. The second-order valence-corrected chi connectivity index (χ2v) is 14.2. The summed E-state index contributed by atoms with van der Waals surface area (Å²) in [7, 11) is 0. The van der Waals surface area contributed by atoms with E-state index >= 15 is 0 Å². The van der Waals surface area contributed by atoms with Crippen LogP contribution >= 0.6 is 67.8 Å². The highest BCUT2D eigenvalue weighted by atomic mass is 127. The summed E-state index contributed by atoms with van der Waals surface area (Å²) in [5.74, 6) is 2.45. The molecular weight excluding hydrogens is 933 g/mol. The first-order chi connectivity index (χ1) is 22.7. The van der Waals surface area contributed by atoms with E-state index < -0.39 is 0 Å². The van der Waals surface area contributed by atoms with E-state index in [-0.39, 0.29) is 34.5 Å². The summed E-state index contributed by atoms with van der Waals surface area (Å²) in [5, 5.41) is 12.1. The third kappa shape index (κ3) is 8.43. The van der Waals surface area contributed by atoms with E-state index in [1.165, 1.54) is 0 Å². The largest absolute Gasteiger partial charge is 0.501 e. The molecule has 0 amide bonds. The van der Waals surface area contributed by atoms with Crippen LogP contribution in [0.25, 0.3) is 0 Å². The van der Waals surface area contributed by atoms with Crippen LogP contribution in [-0.2, 0) is 0 Å². The van der Waals surface area contributed by atoms with E-state index in [0.717, 1.165) is 21.8 Å². The molecule has 1 N–H and O–H groups in total. The number of halogens is 3. The van der Waals surface area contributed by atoms with Crippen LogP contribution in [0.5, 0.6) is 63.2 Å². The van der Waals surface area contributed by atoms with Crippen molar-refractivity contribution < 1.29 is 28.8 Å². The van der Waals surface area contributed by atoms with Gasteiger partial charge in [0.25, 0.3) is 0 Å². The average molecular weight is 960 g/mol. The molecular formula is C38H27I3O6. The zero-order valence-electron chi connectivity index (χ0n) is 25.2. The molecule has 0 aliphatic carbocycles. The van der Waals surface area contributed by atoms with Gasteiger partial charge in [-0.05, 0) is 179 Å². The standard InChI is InChI=1S/C38H27I3O6/c1-23-3-13-28(14-4-23)45-36-34(43-30-17-7-25(39)8-18-30)33(42)35(44-31-19-9-26(40)10-20-31)37(46-32-21-11-27(41)12-22-32)38(36)47-29-15-5-24(2)6-16-29/h3-22,42H,1-2H3. The summed E-state index contributed by atoms with van der Waals surface area (Å²) in [5.41, 5.74) is 2.13. The third-order valence-corrected chi connectivity index (χ3v) is 9.00. The van der Waals surface area contributed by atoms with Crippen LogP contribution in [0, 0.1) is 24.6 Å². The topological polar surface area (TPSA) is 66.4 Å². The lowest BCUT2D eigenvalue weighted by Gasteiger charge is -2.23.